The van der Waals surface area contributed by atoms with E-state index in [2.05, 4.69) is 21.1 Å². The van der Waals surface area contributed by atoms with E-state index in [1.807, 2.05) is 48.5 Å². The first-order chi connectivity index (χ1) is 12.8. The average Bonchev–Trinajstić information content (AvgIpc) is 3.39. The molecule has 4 rings (SSSR count). The highest BCUT2D eigenvalue weighted by Gasteiger charge is 2.20. The van der Waals surface area contributed by atoms with Crippen molar-refractivity contribution in [1.82, 2.24) is 10.9 Å². The van der Waals surface area contributed by atoms with E-state index in [0.717, 1.165) is 11.1 Å². The van der Waals surface area contributed by atoms with E-state index in [1.165, 1.54) is 0 Å². The molecular formula is C20H15N4O2. The fraction of sp³-hybridized carbons (Fsp3) is 0.0500. The minimum atomic E-state index is -0.183. The molecule has 1 radical (unpaired) electrons. The van der Waals surface area contributed by atoms with E-state index in [0.29, 0.717) is 29.3 Å². The van der Waals surface area contributed by atoms with Crippen LogP contribution in [-0.2, 0) is 6.54 Å². The van der Waals surface area contributed by atoms with Crippen LogP contribution in [0.5, 0.6) is 0 Å². The van der Waals surface area contributed by atoms with Crippen molar-refractivity contribution in [2.24, 2.45) is 10.2 Å². The summed E-state index contributed by atoms with van der Waals surface area (Å²) >= 11 is 0. The molecule has 1 aromatic heterocycles. The Labute approximate surface area is 150 Å². The van der Waals surface area contributed by atoms with Gasteiger partial charge in [0.05, 0.1) is 12.8 Å². The molecule has 0 unspecified atom stereocenters. The lowest BCUT2D eigenvalue weighted by Crippen LogP contribution is -2.23. The van der Waals surface area contributed by atoms with Crippen LogP contribution < -0.4 is 10.9 Å². The molecule has 1 aliphatic heterocycles. The molecule has 2 aromatic carbocycles. The zero-order valence-electron chi connectivity index (χ0n) is 13.8. The number of carbonyl (C=O) groups is 1. The molecule has 6 nitrogen and oxygen atoms in total. The van der Waals surface area contributed by atoms with Crippen molar-refractivity contribution in [3.63, 3.8) is 0 Å². The maximum atomic E-state index is 12.4. The summed E-state index contributed by atoms with van der Waals surface area (Å²) in [6, 6.07) is 20.6. The molecule has 26 heavy (non-hydrogen) atoms. The number of carbonyl (C=O) groups excluding carboxylic acids is 1. The van der Waals surface area contributed by atoms with Crippen molar-refractivity contribution in [1.29, 1.82) is 0 Å². The standard InChI is InChI=1S/C20H15N4O2/c25-20(21-13-17-10-5-11-26-17)16-9-4-8-15(12-16)19-18(22-24-23-19)14-6-2-1-3-7-14/h1-12H,13H2,(H,21,25). The largest absolute Gasteiger partial charge is 0.467 e. The number of benzene rings is 2. The van der Waals surface area contributed by atoms with Crippen molar-refractivity contribution in [3.05, 3.63) is 95.4 Å². The second kappa shape index (κ2) is 7.06. The first-order valence-corrected chi connectivity index (χ1v) is 8.14. The van der Waals surface area contributed by atoms with E-state index in [9.17, 15) is 4.79 Å². The second-order valence-corrected chi connectivity index (χ2v) is 5.70. The van der Waals surface area contributed by atoms with E-state index in [-0.39, 0.29) is 5.91 Å². The van der Waals surface area contributed by atoms with Crippen molar-refractivity contribution in [2.75, 3.05) is 0 Å². The predicted octanol–water partition coefficient (Wildman–Crippen LogP) is 2.94. The molecule has 0 saturated carbocycles. The summed E-state index contributed by atoms with van der Waals surface area (Å²) in [7, 11) is 0. The SMILES string of the molecule is O=C(NCc1ccco1)c1cccc(C2=N[N]N=C2c2ccccc2)c1. The van der Waals surface area contributed by atoms with Gasteiger partial charge in [0, 0.05) is 16.7 Å². The van der Waals surface area contributed by atoms with Gasteiger partial charge in [-0.3, -0.25) is 4.79 Å². The number of nitrogens with one attached hydrogen (secondary N) is 1. The Morgan fingerprint density at radius 1 is 0.885 bits per heavy atom. The Kier molecular flexibility index (Phi) is 4.30. The topological polar surface area (TPSA) is 81.1 Å². The molecule has 2 heterocycles. The zero-order valence-corrected chi connectivity index (χ0v) is 13.8. The van der Waals surface area contributed by atoms with Crippen LogP contribution in [0.3, 0.4) is 0 Å². The smallest absolute Gasteiger partial charge is 0.251 e. The Morgan fingerprint density at radius 3 is 2.42 bits per heavy atom. The van der Waals surface area contributed by atoms with Crippen LogP contribution in [0.4, 0.5) is 0 Å². The predicted molar refractivity (Wildman–Crippen MR) is 98.0 cm³/mol. The zero-order chi connectivity index (χ0) is 17.8. The molecular weight excluding hydrogens is 328 g/mol. The summed E-state index contributed by atoms with van der Waals surface area (Å²) in [4.78, 5) is 12.4. The molecule has 1 amide bonds. The van der Waals surface area contributed by atoms with E-state index in [1.54, 1.807) is 24.5 Å². The van der Waals surface area contributed by atoms with Gasteiger partial charge in [0.1, 0.15) is 17.2 Å². The number of rotatable bonds is 5. The third kappa shape index (κ3) is 3.25. The Hall–Kier alpha value is -3.67. The molecule has 0 saturated heterocycles. The van der Waals surface area contributed by atoms with Crippen LogP contribution in [0.15, 0.2) is 87.6 Å². The summed E-state index contributed by atoms with van der Waals surface area (Å²) < 4.78 is 5.23. The maximum absolute atomic E-state index is 12.4. The number of hydrogen-bond acceptors (Lipinski definition) is 4. The third-order valence-corrected chi connectivity index (χ3v) is 3.96. The number of hydrogen-bond donors (Lipinski definition) is 1. The molecule has 1 aliphatic rings. The summed E-state index contributed by atoms with van der Waals surface area (Å²) in [5.74, 6) is 0.518. The minimum Gasteiger partial charge on any atom is -0.467 e. The van der Waals surface area contributed by atoms with Crippen LogP contribution in [0.2, 0.25) is 0 Å². The average molecular weight is 343 g/mol. The Bertz CT molecular complexity index is 976. The van der Waals surface area contributed by atoms with Gasteiger partial charge in [-0.1, -0.05) is 42.5 Å². The molecule has 0 atom stereocenters. The summed E-state index contributed by atoms with van der Waals surface area (Å²) in [6.07, 6.45) is 1.58. The fourth-order valence-corrected chi connectivity index (χ4v) is 2.68. The summed E-state index contributed by atoms with van der Waals surface area (Å²) in [5.41, 5.74) is 7.41. The van der Waals surface area contributed by atoms with Gasteiger partial charge in [-0.25, -0.2) is 0 Å². The van der Waals surface area contributed by atoms with Crippen molar-refractivity contribution >= 4 is 17.3 Å². The molecule has 0 fully saturated rings. The van der Waals surface area contributed by atoms with Gasteiger partial charge in [0.2, 0.25) is 0 Å². The minimum absolute atomic E-state index is 0.183. The lowest BCUT2D eigenvalue weighted by molar-refractivity contribution is 0.0948. The van der Waals surface area contributed by atoms with Gasteiger partial charge in [-0.2, -0.15) is 0 Å². The molecule has 0 bridgehead atoms. The highest BCUT2D eigenvalue weighted by Crippen LogP contribution is 2.15. The molecule has 0 aliphatic carbocycles. The molecule has 6 heteroatoms. The molecule has 127 valence electrons. The van der Waals surface area contributed by atoms with Gasteiger partial charge in [-0.15, -0.1) is 10.2 Å². The van der Waals surface area contributed by atoms with Crippen molar-refractivity contribution in [3.8, 4) is 0 Å². The fourth-order valence-electron chi connectivity index (χ4n) is 2.68. The molecule has 3 aromatic rings. The number of nitrogens with zero attached hydrogens (tertiary/aromatic N) is 3. The lowest BCUT2D eigenvalue weighted by atomic mass is 9.98. The number of amides is 1. The van der Waals surface area contributed by atoms with Crippen molar-refractivity contribution in [2.45, 2.75) is 6.54 Å². The van der Waals surface area contributed by atoms with Crippen molar-refractivity contribution < 1.29 is 9.21 Å². The molecule has 0 spiro atoms. The summed E-state index contributed by atoms with van der Waals surface area (Å²) in [5, 5.41) is 11.1. The second-order valence-electron chi connectivity index (χ2n) is 5.70. The van der Waals surface area contributed by atoms with E-state index < -0.39 is 0 Å². The van der Waals surface area contributed by atoms with Crippen LogP contribution in [0, 0.1) is 0 Å². The maximum Gasteiger partial charge on any atom is 0.251 e. The first kappa shape index (κ1) is 15.8. The van der Waals surface area contributed by atoms with Gasteiger partial charge < -0.3 is 9.73 Å². The quantitative estimate of drug-likeness (QED) is 0.773. The summed E-state index contributed by atoms with van der Waals surface area (Å²) in [6.45, 7) is 0.336. The highest BCUT2D eigenvalue weighted by molar-refractivity contribution is 6.54. The first-order valence-electron chi connectivity index (χ1n) is 8.14. The molecule has 1 N–H and O–H groups in total. The van der Waals surface area contributed by atoms with Crippen LogP contribution in [-0.4, -0.2) is 17.3 Å². The van der Waals surface area contributed by atoms with Crippen LogP contribution in [0.25, 0.3) is 0 Å². The monoisotopic (exact) mass is 343 g/mol. The van der Waals surface area contributed by atoms with Gasteiger partial charge in [-0.05, 0) is 29.8 Å². The van der Waals surface area contributed by atoms with E-state index >= 15 is 0 Å². The van der Waals surface area contributed by atoms with Gasteiger partial charge in [0.25, 0.3) is 5.91 Å². The lowest BCUT2D eigenvalue weighted by Gasteiger charge is -2.07. The van der Waals surface area contributed by atoms with Crippen LogP contribution >= 0.6 is 0 Å². The van der Waals surface area contributed by atoms with Gasteiger partial charge in [0.15, 0.2) is 0 Å². The van der Waals surface area contributed by atoms with Gasteiger partial charge >= 0.3 is 0 Å². The number of furan rings is 1. The Morgan fingerprint density at radius 2 is 1.65 bits per heavy atom. The van der Waals surface area contributed by atoms with E-state index in [4.69, 9.17) is 4.42 Å². The van der Waals surface area contributed by atoms with Crippen LogP contribution in [0.1, 0.15) is 27.2 Å². The normalized spacial score (nSPS) is 12.9. The third-order valence-electron chi connectivity index (χ3n) is 3.96. The Balaban J connectivity index is 1.54. The highest BCUT2D eigenvalue weighted by atomic mass is 16.3.